The molecular formula is C6H8ClNO. The molecule has 0 aromatic carbocycles. The molecule has 0 fully saturated rings. The maximum Gasteiger partial charge on any atom is 0.227 e. The van der Waals surface area contributed by atoms with Gasteiger partial charge in [-0.3, -0.25) is 4.79 Å². The highest BCUT2D eigenvalue weighted by atomic mass is 35.5. The van der Waals surface area contributed by atoms with Crippen LogP contribution in [0, 0.1) is 6.57 Å². The number of carbonyl (C=O) groups excluding carboxylic acids is 1. The minimum absolute atomic E-state index is 0.0276. The van der Waals surface area contributed by atoms with Crippen LogP contribution in [0.15, 0.2) is 0 Å². The third-order valence-corrected chi connectivity index (χ3v) is 1.19. The number of ketones is 1. The fraction of sp³-hybridized carbons (Fsp3) is 0.667. The van der Waals surface area contributed by atoms with E-state index in [1.165, 1.54) is 0 Å². The lowest BCUT2D eigenvalue weighted by Crippen LogP contribution is -2.07. The number of hydrogen-bond acceptors (Lipinski definition) is 1. The summed E-state index contributed by atoms with van der Waals surface area (Å²) >= 11 is 5.20. The Hall–Kier alpha value is -0.550. The first-order chi connectivity index (χ1) is 4.20. The fourth-order valence-corrected chi connectivity index (χ4v) is 0.539. The van der Waals surface area contributed by atoms with Crippen LogP contribution in [-0.4, -0.2) is 17.7 Å². The van der Waals surface area contributed by atoms with Crippen molar-refractivity contribution in [2.75, 3.05) is 5.88 Å². The van der Waals surface area contributed by atoms with Crippen LogP contribution in [0.25, 0.3) is 4.85 Å². The van der Waals surface area contributed by atoms with Crippen molar-refractivity contribution >= 4 is 17.4 Å². The average Bonchev–Trinajstić information content (AvgIpc) is 1.87. The van der Waals surface area contributed by atoms with Gasteiger partial charge in [-0.1, -0.05) is 0 Å². The average molecular weight is 146 g/mol. The topological polar surface area (TPSA) is 21.4 Å². The number of hydrogen-bond donors (Lipinski definition) is 0. The van der Waals surface area contributed by atoms with Crippen LogP contribution in [0.5, 0.6) is 0 Å². The number of carbonyl (C=O) groups is 1. The van der Waals surface area contributed by atoms with Gasteiger partial charge in [-0.25, -0.2) is 6.57 Å². The molecule has 0 spiro atoms. The van der Waals surface area contributed by atoms with Crippen molar-refractivity contribution in [3.05, 3.63) is 11.4 Å². The molecule has 0 bridgehead atoms. The second-order valence-corrected chi connectivity index (χ2v) is 2.12. The highest BCUT2D eigenvalue weighted by Crippen LogP contribution is 1.97. The molecular weight excluding hydrogens is 138 g/mol. The summed E-state index contributed by atoms with van der Waals surface area (Å²) in [6.45, 7) is 8.21. The van der Waals surface area contributed by atoms with E-state index in [1.54, 1.807) is 6.92 Å². The SMILES string of the molecule is [C-]#[N+]C(C)CC(=O)CCl. The molecule has 2 nitrogen and oxygen atoms in total. The van der Waals surface area contributed by atoms with Crippen LogP contribution in [-0.2, 0) is 4.79 Å². The second-order valence-electron chi connectivity index (χ2n) is 1.85. The van der Waals surface area contributed by atoms with Gasteiger partial charge < -0.3 is 4.85 Å². The molecule has 0 saturated carbocycles. The Bertz CT molecular complexity index is 138. The van der Waals surface area contributed by atoms with E-state index >= 15 is 0 Å². The van der Waals surface area contributed by atoms with Gasteiger partial charge >= 0.3 is 0 Å². The highest BCUT2D eigenvalue weighted by molar-refractivity contribution is 6.27. The molecule has 9 heavy (non-hydrogen) atoms. The molecule has 0 aliphatic carbocycles. The number of nitrogens with zero attached hydrogens (tertiary/aromatic N) is 1. The molecule has 0 aliphatic heterocycles. The van der Waals surface area contributed by atoms with Crippen molar-refractivity contribution in [2.24, 2.45) is 0 Å². The zero-order valence-corrected chi connectivity index (χ0v) is 5.98. The Morgan fingerprint density at radius 2 is 2.44 bits per heavy atom. The van der Waals surface area contributed by atoms with Crippen molar-refractivity contribution in [2.45, 2.75) is 19.4 Å². The van der Waals surface area contributed by atoms with Gasteiger partial charge in [-0.05, 0) is 0 Å². The van der Waals surface area contributed by atoms with Gasteiger partial charge in [0.05, 0.1) is 12.3 Å². The molecule has 0 aromatic heterocycles. The zero-order valence-electron chi connectivity index (χ0n) is 5.22. The number of Topliss-reactive ketones (excluding diaryl/α,β-unsaturated/α-hetero) is 1. The summed E-state index contributed by atoms with van der Waals surface area (Å²) in [5.41, 5.74) is 0. The molecule has 0 N–H and O–H groups in total. The summed E-state index contributed by atoms with van der Waals surface area (Å²) in [4.78, 5) is 13.7. The third-order valence-electron chi connectivity index (χ3n) is 0.893. The van der Waals surface area contributed by atoms with E-state index in [4.69, 9.17) is 18.2 Å². The van der Waals surface area contributed by atoms with Crippen LogP contribution < -0.4 is 0 Å². The molecule has 0 aliphatic rings. The van der Waals surface area contributed by atoms with Crippen LogP contribution in [0.1, 0.15) is 13.3 Å². The van der Waals surface area contributed by atoms with Gasteiger partial charge in [0.15, 0.2) is 5.78 Å². The molecule has 0 radical (unpaired) electrons. The minimum Gasteiger partial charge on any atom is -0.313 e. The summed E-state index contributed by atoms with van der Waals surface area (Å²) in [6.07, 6.45) is 0.285. The molecule has 1 unspecified atom stereocenters. The Balaban J connectivity index is 3.50. The van der Waals surface area contributed by atoms with Gasteiger partial charge in [-0.2, -0.15) is 0 Å². The van der Waals surface area contributed by atoms with E-state index in [0.29, 0.717) is 0 Å². The highest BCUT2D eigenvalue weighted by Gasteiger charge is 2.09. The first kappa shape index (κ1) is 8.45. The predicted molar refractivity (Wildman–Crippen MR) is 36.4 cm³/mol. The first-order valence-corrected chi connectivity index (χ1v) is 3.18. The Kier molecular flexibility index (Phi) is 4.08. The minimum atomic E-state index is -0.212. The number of rotatable bonds is 3. The van der Waals surface area contributed by atoms with Crippen LogP contribution in [0.3, 0.4) is 0 Å². The lowest BCUT2D eigenvalue weighted by atomic mass is 10.2. The monoisotopic (exact) mass is 145 g/mol. The zero-order chi connectivity index (χ0) is 7.28. The van der Waals surface area contributed by atoms with E-state index in [2.05, 4.69) is 4.85 Å². The van der Waals surface area contributed by atoms with E-state index < -0.39 is 0 Å². The molecule has 0 rings (SSSR count). The smallest absolute Gasteiger partial charge is 0.227 e. The van der Waals surface area contributed by atoms with Crippen LogP contribution in [0.4, 0.5) is 0 Å². The molecule has 0 aromatic rings. The lowest BCUT2D eigenvalue weighted by Gasteiger charge is -1.92. The number of alkyl halides is 1. The summed E-state index contributed by atoms with van der Waals surface area (Å²) in [7, 11) is 0. The van der Waals surface area contributed by atoms with E-state index in [9.17, 15) is 4.79 Å². The van der Waals surface area contributed by atoms with Crippen molar-refractivity contribution in [1.82, 2.24) is 0 Å². The Morgan fingerprint density at radius 1 is 1.89 bits per heavy atom. The maximum absolute atomic E-state index is 10.5. The van der Waals surface area contributed by atoms with Gasteiger partial charge in [0.2, 0.25) is 6.04 Å². The van der Waals surface area contributed by atoms with Crippen molar-refractivity contribution in [3.8, 4) is 0 Å². The molecule has 50 valence electrons. The largest absolute Gasteiger partial charge is 0.313 e. The molecule has 3 heteroatoms. The standard InChI is InChI=1S/C6H8ClNO/c1-5(8-2)3-6(9)4-7/h5H,3-4H2,1H3. The Morgan fingerprint density at radius 3 is 2.78 bits per heavy atom. The summed E-state index contributed by atoms with van der Waals surface area (Å²) in [5, 5.41) is 0. The van der Waals surface area contributed by atoms with Crippen molar-refractivity contribution in [3.63, 3.8) is 0 Å². The van der Waals surface area contributed by atoms with Crippen LogP contribution >= 0.6 is 11.6 Å². The van der Waals surface area contributed by atoms with Gasteiger partial charge in [0, 0.05) is 6.92 Å². The molecule has 0 saturated heterocycles. The normalized spacial score (nSPS) is 12.1. The lowest BCUT2D eigenvalue weighted by molar-refractivity contribution is -0.116. The predicted octanol–water partition coefficient (Wildman–Crippen LogP) is 1.49. The third kappa shape index (κ3) is 3.99. The quantitative estimate of drug-likeness (QED) is 0.436. The van der Waals surface area contributed by atoms with E-state index in [0.717, 1.165) is 0 Å². The van der Waals surface area contributed by atoms with Crippen molar-refractivity contribution < 1.29 is 4.79 Å². The molecule has 1 atom stereocenters. The second kappa shape index (κ2) is 4.34. The van der Waals surface area contributed by atoms with Gasteiger partial charge in [0.25, 0.3) is 0 Å². The van der Waals surface area contributed by atoms with E-state index in [-0.39, 0.29) is 24.1 Å². The van der Waals surface area contributed by atoms with Crippen molar-refractivity contribution in [1.29, 1.82) is 0 Å². The number of halogens is 1. The molecule has 0 heterocycles. The summed E-state index contributed by atoms with van der Waals surface area (Å²) < 4.78 is 0. The fourth-order valence-electron chi connectivity index (χ4n) is 0.430. The van der Waals surface area contributed by atoms with Gasteiger partial charge in [0.1, 0.15) is 0 Å². The van der Waals surface area contributed by atoms with E-state index in [1.807, 2.05) is 0 Å². The van der Waals surface area contributed by atoms with Gasteiger partial charge in [-0.15, -0.1) is 11.6 Å². The first-order valence-electron chi connectivity index (χ1n) is 2.65. The van der Waals surface area contributed by atoms with Crippen LogP contribution in [0.2, 0.25) is 0 Å². The maximum atomic E-state index is 10.5. The summed E-state index contributed by atoms with van der Waals surface area (Å²) in [5.74, 6) is -0.0278. The summed E-state index contributed by atoms with van der Waals surface area (Å²) in [6, 6.07) is -0.212. The molecule has 0 amide bonds. The Labute approximate surface area is 59.6 Å².